The summed E-state index contributed by atoms with van der Waals surface area (Å²) < 4.78 is 13.2. The summed E-state index contributed by atoms with van der Waals surface area (Å²) in [6, 6.07) is 14.3. The molecular weight excluding hydrogens is 421 g/mol. The molecule has 0 amide bonds. The number of pyridine rings is 1. The van der Waals surface area contributed by atoms with E-state index < -0.39 is 4.92 Å². The van der Waals surface area contributed by atoms with Gasteiger partial charge in [-0.3, -0.25) is 10.1 Å². The number of hydrogen-bond acceptors (Lipinski definition) is 5. The van der Waals surface area contributed by atoms with Crippen LogP contribution in [0.1, 0.15) is 18.7 Å². The van der Waals surface area contributed by atoms with E-state index in [4.69, 9.17) is 11.6 Å². The first kappa shape index (κ1) is 20.7. The highest BCUT2D eigenvalue weighted by Crippen LogP contribution is 2.27. The molecule has 2 aromatic heterocycles. The Bertz CT molecular complexity index is 1230. The first-order valence-electron chi connectivity index (χ1n) is 9.79. The van der Waals surface area contributed by atoms with Gasteiger partial charge in [0.05, 0.1) is 21.7 Å². The van der Waals surface area contributed by atoms with E-state index in [2.05, 4.69) is 20.3 Å². The summed E-state index contributed by atoms with van der Waals surface area (Å²) in [6.45, 7) is 0.521. The van der Waals surface area contributed by atoms with Crippen molar-refractivity contribution in [1.29, 1.82) is 0 Å². The lowest BCUT2D eigenvalue weighted by Crippen LogP contribution is -2.07. The minimum Gasteiger partial charge on any atom is -0.364 e. The second kappa shape index (κ2) is 9.09. The Labute approximate surface area is 182 Å². The summed E-state index contributed by atoms with van der Waals surface area (Å²) in [7, 11) is 0. The molecule has 0 saturated carbocycles. The molecule has 0 aliphatic heterocycles. The van der Waals surface area contributed by atoms with Crippen LogP contribution in [-0.4, -0.2) is 26.4 Å². The van der Waals surface area contributed by atoms with Gasteiger partial charge in [-0.2, -0.15) is 0 Å². The van der Waals surface area contributed by atoms with Crippen LogP contribution >= 0.6 is 11.6 Å². The lowest BCUT2D eigenvalue weighted by molar-refractivity contribution is -0.384. The zero-order chi connectivity index (χ0) is 21.8. The van der Waals surface area contributed by atoms with Crippen LogP contribution < -0.4 is 5.32 Å². The van der Waals surface area contributed by atoms with Crippen molar-refractivity contribution in [2.24, 2.45) is 0 Å². The first-order chi connectivity index (χ1) is 15.0. The maximum Gasteiger partial charge on any atom is 0.311 e. The second-order valence-corrected chi connectivity index (χ2v) is 7.49. The Hall–Kier alpha value is -3.52. The molecule has 0 fully saturated rings. The molecule has 4 rings (SSSR count). The number of benzene rings is 2. The van der Waals surface area contributed by atoms with E-state index in [1.807, 2.05) is 12.1 Å². The number of halogens is 2. The SMILES string of the molecule is O=[N+]([O-])c1ccc(-c2ccc(F)cc2)nc1NCCCCc1nc2ccc(Cl)cc2[nH]1. The number of nitro groups is 1. The van der Waals surface area contributed by atoms with E-state index in [0.29, 0.717) is 22.8 Å². The number of imidazole rings is 1. The minimum absolute atomic E-state index is 0.0972. The van der Waals surface area contributed by atoms with Crippen LogP contribution in [0.3, 0.4) is 0 Å². The molecule has 0 aliphatic rings. The quantitative estimate of drug-likeness (QED) is 0.206. The molecule has 0 aliphatic carbocycles. The normalized spacial score (nSPS) is 11.0. The standard InChI is InChI=1S/C22H19ClFN5O2/c23-15-6-9-18-19(13-15)27-21(26-18)3-1-2-12-25-22-20(29(30)31)11-10-17(28-22)14-4-7-16(24)8-5-14/h4-11,13H,1-3,12H2,(H,25,28)(H,26,27). The topological polar surface area (TPSA) is 96.7 Å². The molecule has 31 heavy (non-hydrogen) atoms. The van der Waals surface area contributed by atoms with Gasteiger partial charge >= 0.3 is 5.69 Å². The highest BCUT2D eigenvalue weighted by Gasteiger charge is 2.16. The summed E-state index contributed by atoms with van der Waals surface area (Å²) in [6.07, 6.45) is 2.36. The highest BCUT2D eigenvalue weighted by atomic mass is 35.5. The van der Waals surface area contributed by atoms with E-state index >= 15 is 0 Å². The van der Waals surface area contributed by atoms with Gasteiger partial charge in [-0.25, -0.2) is 14.4 Å². The third kappa shape index (κ3) is 4.97. The van der Waals surface area contributed by atoms with Crippen molar-refractivity contribution in [1.82, 2.24) is 15.0 Å². The average Bonchev–Trinajstić information content (AvgIpc) is 3.15. The van der Waals surface area contributed by atoms with Gasteiger partial charge < -0.3 is 10.3 Å². The monoisotopic (exact) mass is 439 g/mol. The number of H-pyrrole nitrogens is 1. The van der Waals surface area contributed by atoms with E-state index in [0.717, 1.165) is 36.1 Å². The maximum atomic E-state index is 13.2. The molecule has 0 spiro atoms. The van der Waals surface area contributed by atoms with Crippen LogP contribution in [0.15, 0.2) is 54.6 Å². The number of fused-ring (bicyclic) bond motifs is 1. The summed E-state index contributed by atoms with van der Waals surface area (Å²) in [4.78, 5) is 23.1. The van der Waals surface area contributed by atoms with Gasteiger partial charge in [0, 0.05) is 29.6 Å². The molecule has 4 aromatic rings. The molecule has 0 unspecified atom stereocenters. The maximum absolute atomic E-state index is 13.2. The molecule has 2 heterocycles. The Balaban J connectivity index is 1.38. The Kier molecular flexibility index (Phi) is 6.08. The van der Waals surface area contributed by atoms with Gasteiger partial charge in [-0.15, -0.1) is 0 Å². The van der Waals surface area contributed by atoms with Gasteiger partial charge in [-0.1, -0.05) is 11.6 Å². The number of rotatable bonds is 8. The van der Waals surface area contributed by atoms with Crippen LogP contribution in [0.5, 0.6) is 0 Å². The van der Waals surface area contributed by atoms with Gasteiger partial charge in [-0.05, 0) is 61.4 Å². The van der Waals surface area contributed by atoms with Crippen LogP contribution in [0.2, 0.25) is 5.02 Å². The third-order valence-electron chi connectivity index (χ3n) is 4.84. The summed E-state index contributed by atoms with van der Waals surface area (Å²) >= 11 is 6.00. The molecule has 2 aromatic carbocycles. The molecule has 0 bridgehead atoms. The number of nitrogens with zero attached hydrogens (tertiary/aromatic N) is 3. The molecule has 0 saturated heterocycles. The van der Waals surface area contributed by atoms with Crippen molar-refractivity contribution in [3.8, 4) is 11.3 Å². The summed E-state index contributed by atoms with van der Waals surface area (Å²) in [5.74, 6) is 0.724. The highest BCUT2D eigenvalue weighted by molar-refractivity contribution is 6.31. The van der Waals surface area contributed by atoms with E-state index in [1.165, 1.54) is 18.2 Å². The van der Waals surface area contributed by atoms with Crippen molar-refractivity contribution >= 4 is 34.1 Å². The second-order valence-electron chi connectivity index (χ2n) is 7.06. The van der Waals surface area contributed by atoms with E-state index in [1.54, 1.807) is 24.3 Å². The Morgan fingerprint density at radius 2 is 1.87 bits per heavy atom. The van der Waals surface area contributed by atoms with Gasteiger partial charge in [0.1, 0.15) is 11.6 Å². The van der Waals surface area contributed by atoms with Crippen LogP contribution in [0.4, 0.5) is 15.9 Å². The number of unbranched alkanes of at least 4 members (excludes halogenated alkanes) is 1. The van der Waals surface area contributed by atoms with Crippen LogP contribution in [0, 0.1) is 15.9 Å². The fourth-order valence-corrected chi connectivity index (χ4v) is 3.46. The Morgan fingerprint density at radius 1 is 1.06 bits per heavy atom. The van der Waals surface area contributed by atoms with Gasteiger partial charge in [0.25, 0.3) is 0 Å². The molecule has 0 radical (unpaired) electrons. The molecule has 2 N–H and O–H groups in total. The van der Waals surface area contributed by atoms with Crippen molar-refractivity contribution < 1.29 is 9.31 Å². The number of aryl methyl sites for hydroxylation is 1. The third-order valence-corrected chi connectivity index (χ3v) is 5.07. The summed E-state index contributed by atoms with van der Waals surface area (Å²) in [5.41, 5.74) is 2.89. The first-order valence-corrected chi connectivity index (χ1v) is 10.2. The lowest BCUT2D eigenvalue weighted by atomic mass is 10.1. The molecule has 0 atom stereocenters. The molecule has 9 heteroatoms. The fourth-order valence-electron chi connectivity index (χ4n) is 3.29. The van der Waals surface area contributed by atoms with Crippen molar-refractivity contribution in [2.75, 3.05) is 11.9 Å². The van der Waals surface area contributed by atoms with E-state index in [9.17, 15) is 14.5 Å². The van der Waals surface area contributed by atoms with E-state index in [-0.39, 0.29) is 17.3 Å². The predicted octanol–water partition coefficient (Wildman–Crippen LogP) is 5.76. The fraction of sp³-hybridized carbons (Fsp3) is 0.182. The predicted molar refractivity (Wildman–Crippen MR) is 119 cm³/mol. The number of aromatic amines is 1. The van der Waals surface area contributed by atoms with Crippen LogP contribution in [0.25, 0.3) is 22.3 Å². The van der Waals surface area contributed by atoms with Crippen molar-refractivity contribution in [3.05, 3.63) is 81.4 Å². The largest absolute Gasteiger partial charge is 0.364 e. The molecule has 7 nitrogen and oxygen atoms in total. The van der Waals surface area contributed by atoms with Crippen LogP contribution in [-0.2, 0) is 6.42 Å². The number of nitrogens with one attached hydrogen (secondary N) is 2. The molecule has 158 valence electrons. The molecular formula is C22H19ClFN5O2. The minimum atomic E-state index is -0.469. The zero-order valence-corrected chi connectivity index (χ0v) is 17.2. The number of hydrogen-bond donors (Lipinski definition) is 2. The number of aromatic nitrogens is 3. The van der Waals surface area contributed by atoms with Crippen molar-refractivity contribution in [2.45, 2.75) is 19.3 Å². The number of anilines is 1. The zero-order valence-electron chi connectivity index (χ0n) is 16.4. The summed E-state index contributed by atoms with van der Waals surface area (Å²) in [5, 5.41) is 15.1. The van der Waals surface area contributed by atoms with Gasteiger partial charge in [0.15, 0.2) is 0 Å². The smallest absolute Gasteiger partial charge is 0.311 e. The lowest BCUT2D eigenvalue weighted by Gasteiger charge is -2.08. The van der Waals surface area contributed by atoms with Gasteiger partial charge in [0.2, 0.25) is 5.82 Å². The Morgan fingerprint density at radius 3 is 2.65 bits per heavy atom. The van der Waals surface area contributed by atoms with Crippen molar-refractivity contribution in [3.63, 3.8) is 0 Å². The average molecular weight is 440 g/mol.